The molecule has 86 valence electrons. The molecular weight excluding hydrogens is 204 g/mol. The van der Waals surface area contributed by atoms with Crippen molar-refractivity contribution in [3.05, 3.63) is 18.7 Å². The molecule has 1 saturated heterocycles. The molecule has 5 nitrogen and oxygen atoms in total. The summed E-state index contributed by atoms with van der Waals surface area (Å²) in [5.41, 5.74) is 0. The lowest BCUT2D eigenvalue weighted by Gasteiger charge is -2.07. The van der Waals surface area contributed by atoms with Crippen LogP contribution in [-0.2, 0) is 11.3 Å². The van der Waals surface area contributed by atoms with Gasteiger partial charge in [0.05, 0.1) is 6.33 Å². The van der Waals surface area contributed by atoms with Gasteiger partial charge in [0.25, 0.3) is 0 Å². The van der Waals surface area contributed by atoms with Gasteiger partial charge in [-0.1, -0.05) is 0 Å². The summed E-state index contributed by atoms with van der Waals surface area (Å²) in [5, 5.41) is 6.42. The van der Waals surface area contributed by atoms with Crippen LogP contribution in [0.25, 0.3) is 0 Å². The highest BCUT2D eigenvalue weighted by Crippen LogP contribution is 2.41. The third kappa shape index (κ3) is 1.82. The fraction of sp³-hybridized carbons (Fsp3) is 0.636. The van der Waals surface area contributed by atoms with Crippen molar-refractivity contribution in [2.24, 2.45) is 11.8 Å². The Balaban J connectivity index is 1.41. The standard InChI is InChI=1S/C11H16N4O/c16-10(1-3-15-4-2-12-7-15)14-11-8-5-13-6-9(8)11/h2,4,7-9,11,13H,1,3,5-6H2,(H,14,16). The van der Waals surface area contributed by atoms with Gasteiger partial charge in [0.15, 0.2) is 0 Å². The van der Waals surface area contributed by atoms with Crippen LogP contribution in [0.3, 0.4) is 0 Å². The number of piperidine rings is 1. The monoisotopic (exact) mass is 220 g/mol. The number of nitrogens with one attached hydrogen (secondary N) is 2. The van der Waals surface area contributed by atoms with Gasteiger partial charge in [0, 0.05) is 44.5 Å². The van der Waals surface area contributed by atoms with Crippen molar-refractivity contribution in [2.75, 3.05) is 13.1 Å². The van der Waals surface area contributed by atoms with Crippen molar-refractivity contribution in [2.45, 2.75) is 19.0 Å². The lowest BCUT2D eigenvalue weighted by Crippen LogP contribution is -2.32. The second-order valence-electron chi connectivity index (χ2n) is 4.63. The van der Waals surface area contributed by atoms with Crippen molar-refractivity contribution in [1.82, 2.24) is 20.2 Å². The van der Waals surface area contributed by atoms with Gasteiger partial charge >= 0.3 is 0 Å². The van der Waals surface area contributed by atoms with Crippen molar-refractivity contribution in [3.8, 4) is 0 Å². The first-order chi connectivity index (χ1) is 7.84. The Morgan fingerprint density at radius 1 is 1.50 bits per heavy atom. The maximum absolute atomic E-state index is 11.7. The van der Waals surface area contributed by atoms with E-state index in [-0.39, 0.29) is 5.91 Å². The minimum absolute atomic E-state index is 0.160. The molecule has 0 aromatic carbocycles. The number of amides is 1. The summed E-state index contributed by atoms with van der Waals surface area (Å²) >= 11 is 0. The van der Waals surface area contributed by atoms with E-state index in [1.807, 2.05) is 10.8 Å². The van der Waals surface area contributed by atoms with E-state index in [0.717, 1.165) is 13.1 Å². The predicted molar refractivity (Wildman–Crippen MR) is 58.6 cm³/mol. The molecule has 2 atom stereocenters. The molecule has 2 fully saturated rings. The number of aryl methyl sites for hydroxylation is 1. The Morgan fingerprint density at radius 2 is 2.31 bits per heavy atom. The van der Waals surface area contributed by atoms with E-state index in [4.69, 9.17) is 0 Å². The smallest absolute Gasteiger partial charge is 0.222 e. The van der Waals surface area contributed by atoms with Gasteiger partial charge in [0.2, 0.25) is 5.91 Å². The summed E-state index contributed by atoms with van der Waals surface area (Å²) in [4.78, 5) is 15.6. The highest BCUT2D eigenvalue weighted by atomic mass is 16.1. The zero-order chi connectivity index (χ0) is 11.0. The third-order valence-corrected chi connectivity index (χ3v) is 3.58. The predicted octanol–water partition coefficient (Wildman–Crippen LogP) is -0.393. The zero-order valence-electron chi connectivity index (χ0n) is 9.10. The molecule has 1 aliphatic carbocycles. The molecule has 0 spiro atoms. The number of nitrogens with zero attached hydrogens (tertiary/aromatic N) is 2. The number of aromatic nitrogens is 2. The molecule has 3 rings (SSSR count). The molecular formula is C11H16N4O. The Morgan fingerprint density at radius 3 is 3.00 bits per heavy atom. The number of imidazole rings is 1. The van der Waals surface area contributed by atoms with Crippen LogP contribution in [0.1, 0.15) is 6.42 Å². The first kappa shape index (κ1) is 9.84. The SMILES string of the molecule is O=C(CCn1ccnc1)NC1C2CNCC21. The number of carbonyl (C=O) groups excluding carboxylic acids is 1. The van der Waals surface area contributed by atoms with Crippen molar-refractivity contribution in [1.29, 1.82) is 0 Å². The van der Waals surface area contributed by atoms with Crippen molar-refractivity contribution in [3.63, 3.8) is 0 Å². The molecule has 2 N–H and O–H groups in total. The summed E-state index contributed by atoms with van der Waals surface area (Å²) in [5.74, 6) is 1.54. The number of fused-ring (bicyclic) bond motifs is 1. The van der Waals surface area contributed by atoms with E-state index in [2.05, 4.69) is 15.6 Å². The van der Waals surface area contributed by atoms with Gasteiger partial charge in [0.1, 0.15) is 0 Å². The van der Waals surface area contributed by atoms with Crippen LogP contribution in [-0.4, -0.2) is 34.6 Å². The van der Waals surface area contributed by atoms with Gasteiger partial charge in [-0.15, -0.1) is 0 Å². The van der Waals surface area contributed by atoms with E-state index in [1.54, 1.807) is 12.5 Å². The highest BCUT2D eigenvalue weighted by Gasteiger charge is 2.53. The van der Waals surface area contributed by atoms with Crippen LogP contribution in [0.5, 0.6) is 0 Å². The van der Waals surface area contributed by atoms with Gasteiger partial charge in [-0.05, 0) is 11.8 Å². The van der Waals surface area contributed by atoms with E-state index in [9.17, 15) is 4.79 Å². The van der Waals surface area contributed by atoms with E-state index in [1.165, 1.54) is 0 Å². The molecule has 1 aromatic rings. The molecule has 0 radical (unpaired) electrons. The topological polar surface area (TPSA) is 59.0 Å². The quantitative estimate of drug-likeness (QED) is 0.726. The van der Waals surface area contributed by atoms with Gasteiger partial charge in [-0.2, -0.15) is 0 Å². The Bertz CT molecular complexity index is 365. The summed E-state index contributed by atoms with van der Waals surface area (Å²) in [6, 6.07) is 0.441. The van der Waals surface area contributed by atoms with Crippen LogP contribution in [0, 0.1) is 11.8 Å². The first-order valence-corrected chi connectivity index (χ1v) is 5.80. The Hall–Kier alpha value is -1.36. The average molecular weight is 220 g/mol. The molecule has 2 heterocycles. The zero-order valence-corrected chi connectivity index (χ0v) is 9.10. The molecule has 5 heteroatoms. The van der Waals surface area contributed by atoms with E-state index in [0.29, 0.717) is 30.8 Å². The maximum atomic E-state index is 11.7. The highest BCUT2D eigenvalue weighted by molar-refractivity contribution is 5.76. The molecule has 0 bridgehead atoms. The Kier molecular flexibility index (Phi) is 2.40. The molecule has 16 heavy (non-hydrogen) atoms. The van der Waals surface area contributed by atoms with Crippen LogP contribution in [0.2, 0.25) is 0 Å². The second-order valence-corrected chi connectivity index (χ2v) is 4.63. The molecule has 1 saturated carbocycles. The number of rotatable bonds is 4. The molecule has 2 unspecified atom stereocenters. The number of hydrogen-bond acceptors (Lipinski definition) is 3. The van der Waals surface area contributed by atoms with Crippen molar-refractivity contribution < 1.29 is 4.79 Å². The van der Waals surface area contributed by atoms with Crippen LogP contribution < -0.4 is 10.6 Å². The second kappa shape index (κ2) is 3.90. The van der Waals surface area contributed by atoms with Crippen LogP contribution in [0.15, 0.2) is 18.7 Å². The van der Waals surface area contributed by atoms with Crippen LogP contribution in [0.4, 0.5) is 0 Å². The summed E-state index contributed by atoms with van der Waals surface area (Å²) in [7, 11) is 0. The summed E-state index contributed by atoms with van der Waals surface area (Å²) in [6.07, 6.45) is 5.89. The maximum Gasteiger partial charge on any atom is 0.222 e. The lowest BCUT2D eigenvalue weighted by molar-refractivity contribution is -0.121. The first-order valence-electron chi connectivity index (χ1n) is 5.80. The minimum atomic E-state index is 0.160. The van der Waals surface area contributed by atoms with Gasteiger partial charge in [-0.3, -0.25) is 4.79 Å². The summed E-state index contributed by atoms with van der Waals surface area (Å²) < 4.78 is 1.93. The molecule has 1 aromatic heterocycles. The van der Waals surface area contributed by atoms with E-state index < -0.39 is 0 Å². The fourth-order valence-electron chi connectivity index (χ4n) is 2.54. The van der Waals surface area contributed by atoms with E-state index >= 15 is 0 Å². The fourth-order valence-corrected chi connectivity index (χ4v) is 2.54. The van der Waals surface area contributed by atoms with Crippen LogP contribution >= 0.6 is 0 Å². The van der Waals surface area contributed by atoms with Gasteiger partial charge in [-0.25, -0.2) is 4.98 Å². The largest absolute Gasteiger partial charge is 0.353 e. The minimum Gasteiger partial charge on any atom is -0.353 e. The van der Waals surface area contributed by atoms with Crippen molar-refractivity contribution >= 4 is 5.91 Å². The normalized spacial score (nSPS) is 31.1. The lowest BCUT2D eigenvalue weighted by atomic mass is 10.3. The average Bonchev–Trinajstić information content (AvgIpc) is 2.80. The number of carbonyl (C=O) groups is 1. The number of hydrogen-bond donors (Lipinski definition) is 2. The summed E-state index contributed by atoms with van der Waals surface area (Å²) in [6.45, 7) is 2.85. The molecule has 1 amide bonds. The van der Waals surface area contributed by atoms with Gasteiger partial charge < -0.3 is 15.2 Å². The third-order valence-electron chi connectivity index (χ3n) is 3.58. The Labute approximate surface area is 94.2 Å². The molecule has 1 aliphatic heterocycles. The molecule has 2 aliphatic rings.